The molecule has 0 saturated carbocycles. The summed E-state index contributed by atoms with van der Waals surface area (Å²) in [5.74, 6) is 0.0708. The van der Waals surface area contributed by atoms with Gasteiger partial charge in [-0.2, -0.15) is 0 Å². The number of benzene rings is 2. The Labute approximate surface area is 173 Å². The zero-order valence-electron chi connectivity index (χ0n) is 15.2. The lowest BCUT2D eigenvalue weighted by Gasteiger charge is -2.19. The number of carbonyl (C=O) groups excluding carboxylic acids is 1. The molecule has 7 nitrogen and oxygen atoms in total. The summed E-state index contributed by atoms with van der Waals surface area (Å²) in [6, 6.07) is 12.8. The van der Waals surface area contributed by atoms with E-state index >= 15 is 0 Å². The molecule has 0 fully saturated rings. The highest BCUT2D eigenvalue weighted by atomic mass is 35.5. The Morgan fingerprint density at radius 1 is 1.14 bits per heavy atom. The van der Waals surface area contributed by atoms with Crippen LogP contribution in [0, 0.1) is 0 Å². The van der Waals surface area contributed by atoms with Gasteiger partial charge >= 0.3 is 6.03 Å². The van der Waals surface area contributed by atoms with Gasteiger partial charge < -0.3 is 26.3 Å². The number of amidine groups is 1. The van der Waals surface area contributed by atoms with Gasteiger partial charge in [-0.15, -0.1) is 0 Å². The van der Waals surface area contributed by atoms with E-state index in [-0.39, 0.29) is 12.4 Å². The molecule has 0 unspecified atom stereocenters. The first kappa shape index (κ1) is 21.8. The minimum Gasteiger partial charge on any atom is -0.392 e. The average Bonchev–Trinajstić information content (AvgIpc) is 2.68. The molecule has 150 valence electrons. The van der Waals surface area contributed by atoms with Gasteiger partial charge in [0, 0.05) is 22.2 Å². The Kier molecular flexibility index (Phi) is 8.38. The van der Waals surface area contributed by atoms with Crippen molar-refractivity contribution >= 4 is 40.8 Å². The molecule has 2 aromatic rings. The van der Waals surface area contributed by atoms with Crippen molar-refractivity contribution in [2.24, 2.45) is 10.9 Å². The number of aliphatic hydroxyl groups is 1. The lowest BCUT2D eigenvalue weighted by atomic mass is 10.1. The summed E-state index contributed by atoms with van der Waals surface area (Å²) in [6.07, 6.45) is -0.144. The fourth-order valence-corrected chi connectivity index (χ4v) is 2.44. The lowest BCUT2D eigenvalue weighted by molar-refractivity contribution is 0.0282. The van der Waals surface area contributed by atoms with E-state index < -0.39 is 18.2 Å². The molecule has 5 N–H and O–H groups in total. The molecule has 2 amide bonds. The molecule has 0 saturated heterocycles. The molecule has 0 aliphatic heterocycles. The number of hydrogen-bond donors (Lipinski definition) is 4. The van der Waals surface area contributed by atoms with E-state index in [1.165, 1.54) is 0 Å². The fraction of sp³-hybridized carbons (Fsp3) is 0.263. The molecule has 0 aliphatic carbocycles. The Bertz CT molecular complexity index is 798. The molecular weight excluding hydrogens is 403 g/mol. The topological polar surface area (TPSA) is 109 Å². The van der Waals surface area contributed by atoms with Crippen LogP contribution in [0.1, 0.15) is 12.5 Å². The third-order valence-electron chi connectivity index (χ3n) is 3.71. The highest BCUT2D eigenvalue weighted by molar-refractivity contribution is 6.30. The van der Waals surface area contributed by atoms with Crippen molar-refractivity contribution in [3.63, 3.8) is 0 Å². The number of carbonyl (C=O) groups is 1. The van der Waals surface area contributed by atoms with Gasteiger partial charge in [0.25, 0.3) is 0 Å². The molecule has 0 bridgehead atoms. The van der Waals surface area contributed by atoms with E-state index in [1.807, 2.05) is 12.1 Å². The zero-order chi connectivity index (χ0) is 20.5. The maximum Gasteiger partial charge on any atom is 0.319 e. The average molecular weight is 425 g/mol. The first-order valence-corrected chi connectivity index (χ1v) is 9.30. The second-order valence-corrected chi connectivity index (χ2v) is 6.98. The molecule has 0 aliphatic rings. The van der Waals surface area contributed by atoms with Crippen LogP contribution in [0.2, 0.25) is 10.0 Å². The number of nitrogens with one attached hydrogen (secondary N) is 2. The van der Waals surface area contributed by atoms with Gasteiger partial charge in [-0.1, -0.05) is 40.5 Å². The summed E-state index contributed by atoms with van der Waals surface area (Å²) in [5.41, 5.74) is 7.49. The van der Waals surface area contributed by atoms with Crippen LogP contribution in [0.25, 0.3) is 0 Å². The van der Waals surface area contributed by atoms with Gasteiger partial charge in [-0.3, -0.25) is 0 Å². The number of nitrogens with zero attached hydrogens (tertiary/aromatic N) is 1. The highest BCUT2D eigenvalue weighted by Gasteiger charge is 2.18. The standard InChI is InChI=1S/C19H22Cl2N4O3/c1-12(11-26)28-25-18(22)17(10-13-2-4-14(20)5-3-13)24-19(27)23-16-8-6-15(21)7-9-16/h2-9,12,17,26H,10-11H2,1H3,(H2,22,25)(H2,23,24,27)/t12-,17+/m1/s1. The molecule has 0 heterocycles. The predicted octanol–water partition coefficient (Wildman–Crippen LogP) is 3.40. The Hall–Kier alpha value is -2.48. The van der Waals surface area contributed by atoms with Crippen LogP contribution in [0.4, 0.5) is 10.5 Å². The number of urea groups is 1. The lowest BCUT2D eigenvalue weighted by Crippen LogP contribution is -2.47. The largest absolute Gasteiger partial charge is 0.392 e. The summed E-state index contributed by atoms with van der Waals surface area (Å²) in [7, 11) is 0. The number of hydrogen-bond acceptors (Lipinski definition) is 4. The summed E-state index contributed by atoms with van der Waals surface area (Å²) >= 11 is 11.8. The van der Waals surface area contributed by atoms with Crippen molar-refractivity contribution in [2.45, 2.75) is 25.5 Å². The Morgan fingerprint density at radius 3 is 2.29 bits per heavy atom. The molecule has 9 heteroatoms. The molecule has 2 atom stereocenters. The van der Waals surface area contributed by atoms with Crippen molar-refractivity contribution < 1.29 is 14.7 Å². The number of anilines is 1. The van der Waals surface area contributed by atoms with Gasteiger partial charge in [0.2, 0.25) is 0 Å². The third-order valence-corrected chi connectivity index (χ3v) is 4.22. The number of nitrogens with two attached hydrogens (primary N) is 1. The van der Waals surface area contributed by atoms with E-state index in [4.69, 9.17) is 38.9 Å². The van der Waals surface area contributed by atoms with Crippen molar-refractivity contribution in [1.82, 2.24) is 5.32 Å². The second kappa shape index (κ2) is 10.8. The van der Waals surface area contributed by atoms with Crippen LogP contribution >= 0.6 is 23.2 Å². The van der Waals surface area contributed by atoms with Crippen LogP contribution in [0.3, 0.4) is 0 Å². The number of amides is 2. The monoisotopic (exact) mass is 424 g/mol. The third kappa shape index (κ3) is 7.26. The van der Waals surface area contributed by atoms with Crippen LogP contribution in [0.15, 0.2) is 53.7 Å². The SMILES string of the molecule is C[C@H](CO)O/N=C(\N)[C@H](Cc1ccc(Cl)cc1)NC(=O)Nc1ccc(Cl)cc1. The summed E-state index contributed by atoms with van der Waals surface area (Å²) in [4.78, 5) is 17.5. The van der Waals surface area contributed by atoms with Crippen LogP contribution in [-0.2, 0) is 11.3 Å². The maximum atomic E-state index is 12.4. The smallest absolute Gasteiger partial charge is 0.319 e. The highest BCUT2D eigenvalue weighted by Crippen LogP contribution is 2.14. The summed E-state index contributed by atoms with van der Waals surface area (Å²) in [5, 5.41) is 19.5. The zero-order valence-corrected chi connectivity index (χ0v) is 16.7. The van der Waals surface area contributed by atoms with E-state index in [0.717, 1.165) is 5.56 Å². The molecule has 2 aromatic carbocycles. The number of aliphatic hydroxyl groups excluding tert-OH is 1. The number of rotatable bonds is 8. The van der Waals surface area contributed by atoms with Gasteiger partial charge in [0.1, 0.15) is 6.10 Å². The van der Waals surface area contributed by atoms with Gasteiger partial charge in [-0.25, -0.2) is 4.79 Å². The Balaban J connectivity index is 2.10. The fourth-order valence-electron chi connectivity index (χ4n) is 2.19. The molecule has 28 heavy (non-hydrogen) atoms. The van der Waals surface area contributed by atoms with Crippen molar-refractivity contribution in [3.8, 4) is 0 Å². The normalized spacial score (nSPS) is 13.5. The predicted molar refractivity (Wildman–Crippen MR) is 112 cm³/mol. The van der Waals surface area contributed by atoms with Gasteiger partial charge in [0.15, 0.2) is 5.84 Å². The van der Waals surface area contributed by atoms with E-state index in [9.17, 15) is 4.79 Å². The van der Waals surface area contributed by atoms with E-state index in [1.54, 1.807) is 43.3 Å². The minimum atomic E-state index is -0.639. The van der Waals surface area contributed by atoms with Crippen molar-refractivity contribution in [2.75, 3.05) is 11.9 Å². The summed E-state index contributed by atoms with van der Waals surface area (Å²) in [6.45, 7) is 1.44. The van der Waals surface area contributed by atoms with Crippen LogP contribution in [-0.4, -0.2) is 35.7 Å². The van der Waals surface area contributed by atoms with E-state index in [0.29, 0.717) is 22.2 Å². The van der Waals surface area contributed by atoms with Crippen molar-refractivity contribution in [1.29, 1.82) is 0 Å². The Morgan fingerprint density at radius 2 is 1.71 bits per heavy atom. The molecule has 0 spiro atoms. The van der Waals surface area contributed by atoms with Crippen molar-refractivity contribution in [3.05, 3.63) is 64.1 Å². The summed E-state index contributed by atoms with van der Waals surface area (Å²) < 4.78 is 0. The van der Waals surface area contributed by atoms with Gasteiger partial charge in [-0.05, 0) is 48.9 Å². The molecule has 0 aromatic heterocycles. The van der Waals surface area contributed by atoms with Gasteiger partial charge in [0.05, 0.1) is 12.6 Å². The second-order valence-electron chi connectivity index (χ2n) is 6.10. The molecule has 0 radical (unpaired) electrons. The quantitative estimate of drug-likeness (QED) is 0.295. The maximum absolute atomic E-state index is 12.4. The first-order chi connectivity index (χ1) is 13.4. The minimum absolute atomic E-state index is 0.0708. The molecular formula is C19H22Cl2N4O3. The molecule has 2 rings (SSSR count). The number of oxime groups is 1. The van der Waals surface area contributed by atoms with Crippen LogP contribution < -0.4 is 16.4 Å². The van der Waals surface area contributed by atoms with E-state index in [2.05, 4.69) is 15.8 Å². The first-order valence-electron chi connectivity index (χ1n) is 8.55. The van der Waals surface area contributed by atoms with Crippen LogP contribution in [0.5, 0.6) is 0 Å². The number of halogens is 2.